The topological polar surface area (TPSA) is 208 Å². The van der Waals surface area contributed by atoms with Gasteiger partial charge in [0.1, 0.15) is 55.4 Å². The second kappa shape index (κ2) is 10.3. The van der Waals surface area contributed by atoms with E-state index in [1.54, 1.807) is 0 Å². The fourth-order valence-corrected chi connectivity index (χ4v) is 2.67. The number of aliphatic hydroxyl groups is 8. The lowest BCUT2D eigenvalue weighted by Crippen LogP contribution is -2.59. The Kier molecular flexibility index (Phi) is 8.70. The van der Waals surface area contributed by atoms with Crippen LogP contribution in [0.5, 0.6) is 0 Å². The normalized spacial score (nSPS) is 45.8. The summed E-state index contributed by atoms with van der Waals surface area (Å²) < 4.78 is 15.3. The predicted octanol–water partition coefficient (Wildman–Crippen LogP) is -5.45. The van der Waals surface area contributed by atoms with Gasteiger partial charge in [0, 0.05) is 0 Å². The molecule has 160 valence electrons. The van der Waals surface area contributed by atoms with Crippen LogP contribution in [0.4, 0.5) is 0 Å². The highest BCUT2D eigenvalue weighted by atomic mass is 17.2. The first kappa shape index (κ1) is 22.8. The van der Waals surface area contributed by atoms with Gasteiger partial charge in [-0.2, -0.15) is 0 Å². The summed E-state index contributed by atoms with van der Waals surface area (Å²) in [4.78, 5) is 9.54. The summed E-state index contributed by atoms with van der Waals surface area (Å²) in [6, 6.07) is 0. The molecule has 2 heterocycles. The molecule has 0 aliphatic carbocycles. The molecule has 0 radical (unpaired) electrons. The largest absolute Gasteiger partial charge is 0.394 e. The molecule has 0 aromatic carbocycles. The molecule has 0 spiro atoms. The third-order valence-electron chi connectivity index (χ3n) is 4.31. The minimum Gasteiger partial charge on any atom is -0.394 e. The molecule has 2 fully saturated rings. The molecule has 2 aliphatic rings. The molecular weight excluding hydrogens is 376 g/mol. The molecule has 0 aromatic rings. The van der Waals surface area contributed by atoms with E-state index >= 15 is 0 Å². The van der Waals surface area contributed by atoms with Crippen LogP contribution < -0.4 is 0 Å². The van der Waals surface area contributed by atoms with E-state index in [2.05, 4.69) is 0 Å². The van der Waals surface area contributed by atoms with E-state index in [4.69, 9.17) is 34.2 Å². The lowest BCUT2D eigenvalue weighted by atomic mass is 9.99. The van der Waals surface area contributed by atoms with Crippen LogP contribution in [0, 0.1) is 0 Å². The average molecular weight is 402 g/mol. The second-order valence-electron chi connectivity index (χ2n) is 6.18. The molecule has 0 aromatic heterocycles. The van der Waals surface area contributed by atoms with Gasteiger partial charge in [0.2, 0.25) is 6.29 Å². The molecule has 0 saturated carbocycles. The van der Waals surface area contributed by atoms with E-state index < -0.39 is 74.6 Å². The van der Waals surface area contributed by atoms with Crippen LogP contribution >= 0.6 is 0 Å². The summed E-state index contributed by atoms with van der Waals surface area (Å²) in [5, 5.41) is 76.2. The van der Waals surface area contributed by atoms with Crippen molar-refractivity contribution in [2.24, 2.45) is 0 Å². The molecule has 2 unspecified atom stereocenters. The quantitative estimate of drug-likeness (QED) is 0.108. The van der Waals surface area contributed by atoms with Gasteiger partial charge in [-0.1, -0.05) is 0 Å². The molecule has 8 N–H and O–H groups in total. The Morgan fingerprint density at radius 2 is 1.07 bits per heavy atom. The Morgan fingerprint density at radius 3 is 1.59 bits per heavy atom. The van der Waals surface area contributed by atoms with Crippen LogP contribution in [0.15, 0.2) is 0 Å². The van der Waals surface area contributed by atoms with Crippen molar-refractivity contribution in [3.05, 3.63) is 0 Å². The highest BCUT2D eigenvalue weighted by molar-refractivity contribution is 4.89. The van der Waals surface area contributed by atoms with Crippen molar-refractivity contribution in [3.8, 4) is 0 Å². The molecule has 27 heavy (non-hydrogen) atoms. The van der Waals surface area contributed by atoms with Gasteiger partial charge in [0.15, 0.2) is 6.29 Å². The van der Waals surface area contributed by atoms with Gasteiger partial charge >= 0.3 is 0 Å². The van der Waals surface area contributed by atoms with Gasteiger partial charge in [0.05, 0.1) is 19.8 Å². The van der Waals surface area contributed by atoms with Crippen LogP contribution in [-0.4, -0.2) is 129 Å². The third-order valence-corrected chi connectivity index (χ3v) is 4.31. The van der Waals surface area contributed by atoms with Crippen molar-refractivity contribution in [1.29, 1.82) is 0 Å². The van der Waals surface area contributed by atoms with E-state index in [1.807, 2.05) is 0 Å². The van der Waals surface area contributed by atoms with Crippen molar-refractivity contribution in [2.75, 3.05) is 26.4 Å². The molecule has 0 bridgehead atoms. The summed E-state index contributed by atoms with van der Waals surface area (Å²) >= 11 is 0. The van der Waals surface area contributed by atoms with Gasteiger partial charge in [0.25, 0.3) is 0 Å². The van der Waals surface area contributed by atoms with E-state index in [0.29, 0.717) is 0 Å². The van der Waals surface area contributed by atoms with Gasteiger partial charge < -0.3 is 55.1 Å². The molecule has 2 aliphatic heterocycles. The van der Waals surface area contributed by atoms with E-state index in [9.17, 15) is 30.6 Å². The van der Waals surface area contributed by atoms with Gasteiger partial charge in [-0.15, -0.1) is 0 Å². The minimum atomic E-state index is -1.63. The van der Waals surface area contributed by atoms with E-state index in [-0.39, 0.29) is 13.2 Å². The summed E-state index contributed by atoms with van der Waals surface area (Å²) in [7, 11) is 0. The summed E-state index contributed by atoms with van der Waals surface area (Å²) in [6.07, 6.45) is -14.5. The van der Waals surface area contributed by atoms with Crippen LogP contribution in [-0.2, 0) is 24.0 Å². The SMILES string of the molecule is OC[C@H]1OC(OCCOOC2O[C@H](CO)[C@@H](O)[C@H](O)[C@H]2O)[C@H](O)[C@@H](O)[C@@H]1O. The highest BCUT2D eigenvalue weighted by Crippen LogP contribution is 2.23. The van der Waals surface area contributed by atoms with E-state index in [0.717, 1.165) is 0 Å². The maximum Gasteiger partial charge on any atom is 0.220 e. The first-order valence-electron chi connectivity index (χ1n) is 8.32. The smallest absolute Gasteiger partial charge is 0.220 e. The second-order valence-corrected chi connectivity index (χ2v) is 6.18. The number of hydrogen-bond acceptors (Lipinski definition) is 13. The monoisotopic (exact) mass is 402 g/mol. The number of hydrogen-bond donors (Lipinski definition) is 8. The Hall–Kier alpha value is -0.520. The zero-order chi connectivity index (χ0) is 20.1. The fraction of sp³-hybridized carbons (Fsp3) is 1.00. The zero-order valence-corrected chi connectivity index (χ0v) is 14.2. The average Bonchev–Trinajstić information content (AvgIpc) is 2.67. The Bertz CT molecular complexity index is 397. The first-order chi connectivity index (χ1) is 12.8. The fourth-order valence-electron chi connectivity index (χ4n) is 2.67. The third kappa shape index (κ3) is 5.30. The Labute approximate surface area is 153 Å². The Morgan fingerprint density at radius 1 is 0.593 bits per heavy atom. The maximum atomic E-state index is 9.78. The number of aliphatic hydroxyl groups excluding tert-OH is 8. The minimum absolute atomic E-state index is 0.222. The molecule has 2 saturated heterocycles. The predicted molar refractivity (Wildman–Crippen MR) is 80.5 cm³/mol. The zero-order valence-electron chi connectivity index (χ0n) is 14.2. The maximum absolute atomic E-state index is 9.78. The van der Waals surface area contributed by atoms with Crippen molar-refractivity contribution >= 4 is 0 Å². The van der Waals surface area contributed by atoms with Crippen molar-refractivity contribution in [1.82, 2.24) is 0 Å². The van der Waals surface area contributed by atoms with Crippen LogP contribution in [0.1, 0.15) is 0 Å². The standard InChI is InChI=1S/C14H26O13/c15-3-5-7(17)9(19)11(21)13(25-5)23-1-2-24-27-14-12(22)10(20)8(18)6(4-16)26-14/h5-22H,1-4H2/t5-,6-,7-,8-,9+,10+,11-,12-,13?,14?/m1/s1. The van der Waals surface area contributed by atoms with Gasteiger partial charge in [-0.05, 0) is 0 Å². The lowest BCUT2D eigenvalue weighted by molar-refractivity contribution is -0.428. The summed E-state index contributed by atoms with van der Waals surface area (Å²) in [5.74, 6) is 0. The van der Waals surface area contributed by atoms with Crippen LogP contribution in [0.3, 0.4) is 0 Å². The Balaban J connectivity index is 1.72. The molecule has 2 rings (SSSR count). The van der Waals surface area contributed by atoms with Crippen LogP contribution in [0.25, 0.3) is 0 Å². The highest BCUT2D eigenvalue weighted by Gasteiger charge is 2.45. The molecule has 13 nitrogen and oxygen atoms in total. The van der Waals surface area contributed by atoms with Crippen LogP contribution in [0.2, 0.25) is 0 Å². The number of rotatable bonds is 8. The molecule has 10 atom stereocenters. The first-order valence-corrected chi connectivity index (χ1v) is 8.32. The molecule has 13 heteroatoms. The molecular formula is C14H26O13. The van der Waals surface area contributed by atoms with Crippen molar-refractivity contribution in [2.45, 2.75) is 61.4 Å². The summed E-state index contributed by atoms with van der Waals surface area (Å²) in [5.41, 5.74) is 0. The van der Waals surface area contributed by atoms with Crippen molar-refractivity contribution < 1.29 is 64.8 Å². The van der Waals surface area contributed by atoms with Crippen molar-refractivity contribution in [3.63, 3.8) is 0 Å². The van der Waals surface area contributed by atoms with Gasteiger partial charge in [-0.25, -0.2) is 9.78 Å². The van der Waals surface area contributed by atoms with Gasteiger partial charge in [-0.3, -0.25) is 0 Å². The van der Waals surface area contributed by atoms with E-state index in [1.165, 1.54) is 0 Å². The molecule has 0 amide bonds. The lowest BCUT2D eigenvalue weighted by Gasteiger charge is -2.39. The summed E-state index contributed by atoms with van der Waals surface area (Å²) in [6.45, 7) is -1.70. The number of ether oxygens (including phenoxy) is 3.